The number of nitrogens with zero attached hydrogens (tertiary/aromatic N) is 1. The Hall–Kier alpha value is -2.57. The molecule has 0 bridgehead atoms. The van der Waals surface area contributed by atoms with Gasteiger partial charge < -0.3 is 24.8 Å². The SMILES string of the molecule is CN=C(NCCCOC1CCOC1)NCCOc1ccccc1-c1ccccc1. The van der Waals surface area contributed by atoms with Crippen LogP contribution in [0, 0.1) is 0 Å². The molecule has 3 rings (SSSR count). The molecule has 1 aliphatic rings. The van der Waals surface area contributed by atoms with E-state index < -0.39 is 0 Å². The van der Waals surface area contributed by atoms with Crippen molar-refractivity contribution in [3.05, 3.63) is 54.6 Å². The molecule has 1 saturated heterocycles. The topological polar surface area (TPSA) is 64.1 Å². The predicted octanol–water partition coefficient (Wildman–Crippen LogP) is 3.09. The van der Waals surface area contributed by atoms with Gasteiger partial charge in [0.05, 0.1) is 19.3 Å². The minimum absolute atomic E-state index is 0.267. The lowest BCUT2D eigenvalue weighted by Gasteiger charge is -2.15. The Kier molecular flexibility index (Phi) is 8.82. The Labute approximate surface area is 173 Å². The van der Waals surface area contributed by atoms with E-state index >= 15 is 0 Å². The molecule has 0 aliphatic carbocycles. The minimum Gasteiger partial charge on any atom is -0.491 e. The number of guanidine groups is 1. The molecule has 0 amide bonds. The summed E-state index contributed by atoms with van der Waals surface area (Å²) in [6.07, 6.45) is 2.20. The normalized spacial score (nSPS) is 16.6. The molecule has 1 atom stereocenters. The van der Waals surface area contributed by atoms with Crippen molar-refractivity contribution >= 4 is 5.96 Å². The van der Waals surface area contributed by atoms with E-state index in [4.69, 9.17) is 14.2 Å². The van der Waals surface area contributed by atoms with Crippen molar-refractivity contribution < 1.29 is 14.2 Å². The van der Waals surface area contributed by atoms with E-state index in [1.165, 1.54) is 0 Å². The monoisotopic (exact) mass is 397 g/mol. The van der Waals surface area contributed by atoms with Crippen LogP contribution in [0.4, 0.5) is 0 Å². The molecule has 0 saturated carbocycles. The van der Waals surface area contributed by atoms with Crippen LogP contribution >= 0.6 is 0 Å². The average Bonchev–Trinajstić information content (AvgIpc) is 3.29. The van der Waals surface area contributed by atoms with Crippen LogP contribution in [-0.2, 0) is 9.47 Å². The van der Waals surface area contributed by atoms with Gasteiger partial charge in [-0.3, -0.25) is 4.99 Å². The highest BCUT2D eigenvalue weighted by Gasteiger charge is 2.15. The van der Waals surface area contributed by atoms with Gasteiger partial charge in [-0.05, 0) is 24.5 Å². The van der Waals surface area contributed by atoms with E-state index in [-0.39, 0.29) is 6.10 Å². The van der Waals surface area contributed by atoms with Crippen LogP contribution in [0.25, 0.3) is 11.1 Å². The summed E-state index contributed by atoms with van der Waals surface area (Å²) in [5.74, 6) is 1.66. The molecule has 1 fully saturated rings. The fourth-order valence-corrected chi connectivity index (χ4v) is 3.17. The zero-order valence-corrected chi connectivity index (χ0v) is 17.1. The van der Waals surface area contributed by atoms with Gasteiger partial charge in [-0.1, -0.05) is 48.5 Å². The largest absolute Gasteiger partial charge is 0.491 e. The molecule has 0 spiro atoms. The number of para-hydroxylation sites is 1. The van der Waals surface area contributed by atoms with Crippen LogP contribution in [0.1, 0.15) is 12.8 Å². The van der Waals surface area contributed by atoms with E-state index in [0.29, 0.717) is 13.2 Å². The zero-order chi connectivity index (χ0) is 20.2. The highest BCUT2D eigenvalue weighted by molar-refractivity contribution is 5.79. The molecular formula is C23H31N3O3. The van der Waals surface area contributed by atoms with Gasteiger partial charge in [-0.15, -0.1) is 0 Å². The van der Waals surface area contributed by atoms with Crippen molar-refractivity contribution in [2.24, 2.45) is 4.99 Å². The summed E-state index contributed by atoms with van der Waals surface area (Å²) in [7, 11) is 1.77. The van der Waals surface area contributed by atoms with Crippen LogP contribution in [0.15, 0.2) is 59.6 Å². The molecule has 1 unspecified atom stereocenters. The fraction of sp³-hybridized carbons (Fsp3) is 0.435. The molecule has 29 heavy (non-hydrogen) atoms. The van der Waals surface area contributed by atoms with Crippen LogP contribution < -0.4 is 15.4 Å². The summed E-state index contributed by atoms with van der Waals surface area (Å²) in [5.41, 5.74) is 2.25. The molecule has 2 N–H and O–H groups in total. The molecule has 0 radical (unpaired) electrons. The van der Waals surface area contributed by atoms with Crippen molar-refractivity contribution in [3.8, 4) is 16.9 Å². The summed E-state index contributed by atoms with van der Waals surface area (Å²) < 4.78 is 17.1. The Morgan fingerprint density at radius 3 is 2.62 bits per heavy atom. The average molecular weight is 398 g/mol. The second kappa shape index (κ2) is 12.1. The number of hydrogen-bond acceptors (Lipinski definition) is 4. The molecular weight excluding hydrogens is 366 g/mol. The van der Waals surface area contributed by atoms with Crippen molar-refractivity contribution in [3.63, 3.8) is 0 Å². The zero-order valence-electron chi connectivity index (χ0n) is 17.1. The molecule has 6 nitrogen and oxygen atoms in total. The quantitative estimate of drug-likeness (QED) is 0.366. The van der Waals surface area contributed by atoms with Crippen LogP contribution in [-0.4, -0.2) is 58.6 Å². The third-order valence-electron chi connectivity index (χ3n) is 4.70. The molecule has 1 heterocycles. The molecule has 1 aliphatic heterocycles. The maximum atomic E-state index is 6.01. The van der Waals surface area contributed by atoms with Gasteiger partial charge in [-0.2, -0.15) is 0 Å². The van der Waals surface area contributed by atoms with Gasteiger partial charge in [0.1, 0.15) is 12.4 Å². The molecule has 0 aromatic heterocycles. The molecule has 2 aromatic carbocycles. The summed E-state index contributed by atoms with van der Waals surface area (Å²) in [5, 5.41) is 6.59. The first kappa shape index (κ1) is 21.1. The fourth-order valence-electron chi connectivity index (χ4n) is 3.17. The van der Waals surface area contributed by atoms with Gasteiger partial charge in [-0.25, -0.2) is 0 Å². The van der Waals surface area contributed by atoms with Crippen LogP contribution in [0.3, 0.4) is 0 Å². The second-order valence-corrected chi connectivity index (χ2v) is 6.85. The summed E-state index contributed by atoms with van der Waals surface area (Å²) in [6.45, 7) is 4.30. The van der Waals surface area contributed by atoms with Crippen LogP contribution in [0.5, 0.6) is 5.75 Å². The first-order valence-electron chi connectivity index (χ1n) is 10.3. The Morgan fingerprint density at radius 1 is 1.03 bits per heavy atom. The van der Waals surface area contributed by atoms with E-state index in [1.807, 2.05) is 36.4 Å². The lowest BCUT2D eigenvalue weighted by Crippen LogP contribution is -2.40. The number of hydrogen-bond donors (Lipinski definition) is 2. The Bertz CT molecular complexity index is 746. The minimum atomic E-state index is 0.267. The summed E-state index contributed by atoms with van der Waals surface area (Å²) in [6, 6.07) is 18.4. The number of rotatable bonds is 10. The molecule has 156 valence electrons. The second-order valence-electron chi connectivity index (χ2n) is 6.85. The van der Waals surface area contributed by atoms with Crippen LogP contribution in [0.2, 0.25) is 0 Å². The predicted molar refractivity (Wildman–Crippen MR) is 117 cm³/mol. The van der Waals surface area contributed by atoms with E-state index in [0.717, 1.165) is 62.0 Å². The van der Waals surface area contributed by atoms with Crippen molar-refractivity contribution in [2.75, 3.05) is 46.6 Å². The Balaban J connectivity index is 1.34. The first-order chi connectivity index (χ1) is 14.4. The highest BCUT2D eigenvalue weighted by atomic mass is 16.5. The molecule has 2 aromatic rings. The van der Waals surface area contributed by atoms with Gasteiger partial charge >= 0.3 is 0 Å². The van der Waals surface area contributed by atoms with Gasteiger partial charge in [0, 0.05) is 32.4 Å². The van der Waals surface area contributed by atoms with E-state index in [2.05, 4.69) is 33.8 Å². The first-order valence-corrected chi connectivity index (χ1v) is 10.3. The molecule has 6 heteroatoms. The maximum Gasteiger partial charge on any atom is 0.191 e. The van der Waals surface area contributed by atoms with E-state index in [9.17, 15) is 0 Å². The number of ether oxygens (including phenoxy) is 3. The highest BCUT2D eigenvalue weighted by Crippen LogP contribution is 2.29. The van der Waals surface area contributed by atoms with Crippen molar-refractivity contribution in [1.29, 1.82) is 0 Å². The van der Waals surface area contributed by atoms with Crippen molar-refractivity contribution in [1.82, 2.24) is 10.6 Å². The lowest BCUT2D eigenvalue weighted by molar-refractivity contribution is 0.0420. The lowest BCUT2D eigenvalue weighted by atomic mass is 10.1. The number of benzene rings is 2. The third-order valence-corrected chi connectivity index (χ3v) is 4.70. The van der Waals surface area contributed by atoms with Gasteiger partial charge in [0.15, 0.2) is 5.96 Å². The number of nitrogens with one attached hydrogen (secondary N) is 2. The van der Waals surface area contributed by atoms with E-state index in [1.54, 1.807) is 7.05 Å². The smallest absolute Gasteiger partial charge is 0.191 e. The summed E-state index contributed by atoms with van der Waals surface area (Å²) >= 11 is 0. The van der Waals surface area contributed by atoms with Crippen molar-refractivity contribution in [2.45, 2.75) is 18.9 Å². The maximum absolute atomic E-state index is 6.01. The standard InChI is InChI=1S/C23H31N3O3/c1-24-23(25-13-7-15-28-20-12-16-27-18-20)26-14-17-29-22-11-6-5-10-21(22)19-8-3-2-4-9-19/h2-6,8-11,20H,7,12-18H2,1H3,(H2,24,25,26). The number of aliphatic imine (C=N–C) groups is 1. The third kappa shape index (κ3) is 7.07. The summed E-state index contributed by atoms with van der Waals surface area (Å²) in [4.78, 5) is 4.25. The van der Waals surface area contributed by atoms with Gasteiger partial charge in [0.2, 0.25) is 0 Å². The Morgan fingerprint density at radius 2 is 1.83 bits per heavy atom. The van der Waals surface area contributed by atoms with Gasteiger partial charge in [0.25, 0.3) is 0 Å².